The van der Waals surface area contributed by atoms with E-state index in [0.29, 0.717) is 50.3 Å². The van der Waals surface area contributed by atoms with E-state index < -0.39 is 0 Å². The van der Waals surface area contributed by atoms with Gasteiger partial charge < -0.3 is 14.4 Å². The molecule has 2 heterocycles. The number of amides is 1. The molecule has 28 heavy (non-hydrogen) atoms. The summed E-state index contributed by atoms with van der Waals surface area (Å²) in [7, 11) is 1.62. The van der Waals surface area contributed by atoms with Crippen molar-refractivity contribution in [3.05, 3.63) is 41.6 Å². The van der Waals surface area contributed by atoms with Crippen molar-refractivity contribution in [1.29, 1.82) is 0 Å². The maximum Gasteiger partial charge on any atom is 0.224 e. The quantitative estimate of drug-likeness (QED) is 0.738. The van der Waals surface area contributed by atoms with Gasteiger partial charge in [0, 0.05) is 37.7 Å². The van der Waals surface area contributed by atoms with E-state index in [9.17, 15) is 4.79 Å². The number of hydrogen-bond donors (Lipinski definition) is 0. The minimum absolute atomic E-state index is 0.131. The number of carbonyl (C=O) groups excluding carboxylic acids is 1. The van der Waals surface area contributed by atoms with E-state index in [0.717, 1.165) is 29.7 Å². The van der Waals surface area contributed by atoms with Gasteiger partial charge in [0.1, 0.15) is 0 Å². The Morgan fingerprint density at radius 2 is 1.93 bits per heavy atom. The Morgan fingerprint density at radius 3 is 2.68 bits per heavy atom. The highest BCUT2D eigenvalue weighted by Crippen LogP contribution is 2.32. The number of carbonyl (C=O) groups is 1. The summed E-state index contributed by atoms with van der Waals surface area (Å²) in [5, 5.41) is 0. The van der Waals surface area contributed by atoms with E-state index in [1.54, 1.807) is 7.11 Å². The van der Waals surface area contributed by atoms with Crippen LogP contribution in [0, 0.1) is 5.92 Å². The van der Waals surface area contributed by atoms with Crippen LogP contribution in [-0.2, 0) is 22.4 Å². The van der Waals surface area contributed by atoms with Gasteiger partial charge in [-0.1, -0.05) is 30.3 Å². The van der Waals surface area contributed by atoms with Crippen LogP contribution in [0.1, 0.15) is 30.5 Å². The van der Waals surface area contributed by atoms with Gasteiger partial charge in [-0.3, -0.25) is 4.79 Å². The zero-order chi connectivity index (χ0) is 19.3. The third-order valence-corrected chi connectivity index (χ3v) is 5.36. The minimum atomic E-state index is 0.131. The standard InChI is InChI=1S/C22H27N3O3/c1-27-14-11-20(26)25-12-9-18-19(10-13-25)23-21(17-5-3-2-4-6-17)24-22(18)28-15-16-7-8-16/h2-6,16H,7-15H2,1H3. The van der Waals surface area contributed by atoms with Crippen LogP contribution in [0.25, 0.3) is 11.4 Å². The number of fused-ring (bicyclic) bond motifs is 1. The third kappa shape index (κ3) is 4.50. The predicted octanol–water partition coefficient (Wildman–Crippen LogP) is 2.90. The monoisotopic (exact) mass is 381 g/mol. The van der Waals surface area contributed by atoms with Crippen LogP contribution in [0.3, 0.4) is 0 Å². The molecule has 2 aromatic rings. The minimum Gasteiger partial charge on any atom is -0.477 e. The molecule has 1 saturated carbocycles. The van der Waals surface area contributed by atoms with Crippen molar-refractivity contribution in [2.45, 2.75) is 32.1 Å². The molecule has 0 N–H and O–H groups in total. The fourth-order valence-electron chi connectivity index (χ4n) is 3.48. The molecule has 0 spiro atoms. The van der Waals surface area contributed by atoms with Gasteiger partial charge >= 0.3 is 0 Å². The Labute approximate surface area is 165 Å². The molecule has 0 radical (unpaired) electrons. The zero-order valence-corrected chi connectivity index (χ0v) is 16.4. The highest BCUT2D eigenvalue weighted by atomic mass is 16.5. The number of nitrogens with zero attached hydrogens (tertiary/aromatic N) is 3. The fraction of sp³-hybridized carbons (Fsp3) is 0.500. The van der Waals surface area contributed by atoms with E-state index >= 15 is 0 Å². The summed E-state index contributed by atoms with van der Waals surface area (Å²) in [6, 6.07) is 10.0. The Hall–Kier alpha value is -2.47. The van der Waals surface area contributed by atoms with Crippen LogP contribution < -0.4 is 4.74 Å². The van der Waals surface area contributed by atoms with E-state index in [-0.39, 0.29) is 5.91 Å². The molecule has 2 aliphatic rings. The smallest absolute Gasteiger partial charge is 0.224 e. The van der Waals surface area contributed by atoms with Crippen LogP contribution in [0.4, 0.5) is 0 Å². The molecule has 4 rings (SSSR count). The van der Waals surface area contributed by atoms with Crippen LogP contribution in [0.2, 0.25) is 0 Å². The number of benzene rings is 1. The highest BCUT2D eigenvalue weighted by Gasteiger charge is 2.26. The van der Waals surface area contributed by atoms with Crippen LogP contribution in [0.15, 0.2) is 30.3 Å². The number of hydrogen-bond acceptors (Lipinski definition) is 5. The summed E-state index contributed by atoms with van der Waals surface area (Å²) < 4.78 is 11.2. The second-order valence-corrected chi connectivity index (χ2v) is 7.52. The summed E-state index contributed by atoms with van der Waals surface area (Å²) in [5.41, 5.74) is 3.04. The summed E-state index contributed by atoms with van der Waals surface area (Å²) in [4.78, 5) is 24.0. The SMILES string of the molecule is COCCC(=O)N1CCc2nc(-c3ccccc3)nc(OCC3CC3)c2CC1. The van der Waals surface area contributed by atoms with Gasteiger partial charge in [-0.25, -0.2) is 4.98 Å². The number of rotatable bonds is 7. The van der Waals surface area contributed by atoms with Crippen molar-refractivity contribution in [3.63, 3.8) is 0 Å². The zero-order valence-electron chi connectivity index (χ0n) is 16.4. The molecule has 0 saturated heterocycles. The lowest BCUT2D eigenvalue weighted by Crippen LogP contribution is -2.33. The third-order valence-electron chi connectivity index (χ3n) is 5.36. The van der Waals surface area contributed by atoms with Crippen molar-refractivity contribution in [1.82, 2.24) is 14.9 Å². The molecule has 148 valence electrons. The van der Waals surface area contributed by atoms with Gasteiger partial charge in [0.05, 0.1) is 25.3 Å². The molecule has 1 amide bonds. The average Bonchev–Trinajstić information content (AvgIpc) is 3.57. The highest BCUT2D eigenvalue weighted by molar-refractivity contribution is 5.76. The molecule has 1 aliphatic carbocycles. The Balaban J connectivity index is 1.59. The lowest BCUT2D eigenvalue weighted by atomic mass is 10.1. The first-order valence-electron chi connectivity index (χ1n) is 10.1. The normalized spacial score (nSPS) is 16.4. The maximum atomic E-state index is 12.4. The number of methoxy groups -OCH3 is 1. The van der Waals surface area contributed by atoms with Crippen molar-refractivity contribution in [2.75, 3.05) is 33.4 Å². The van der Waals surface area contributed by atoms with E-state index in [2.05, 4.69) is 0 Å². The molecule has 6 heteroatoms. The number of aromatic nitrogens is 2. The van der Waals surface area contributed by atoms with Gasteiger partial charge in [0.25, 0.3) is 0 Å². The van der Waals surface area contributed by atoms with Crippen molar-refractivity contribution in [2.24, 2.45) is 5.92 Å². The van der Waals surface area contributed by atoms with Gasteiger partial charge in [-0.15, -0.1) is 0 Å². The summed E-state index contributed by atoms with van der Waals surface area (Å²) in [5.74, 6) is 2.18. The first-order chi connectivity index (χ1) is 13.7. The Morgan fingerprint density at radius 1 is 1.14 bits per heavy atom. The van der Waals surface area contributed by atoms with E-state index in [4.69, 9.17) is 19.4 Å². The van der Waals surface area contributed by atoms with Gasteiger partial charge in [-0.2, -0.15) is 4.98 Å². The molecule has 0 bridgehead atoms. The first-order valence-corrected chi connectivity index (χ1v) is 10.1. The molecule has 6 nitrogen and oxygen atoms in total. The van der Waals surface area contributed by atoms with Crippen LogP contribution >= 0.6 is 0 Å². The Kier molecular flexibility index (Phi) is 5.86. The lowest BCUT2D eigenvalue weighted by Gasteiger charge is -2.19. The lowest BCUT2D eigenvalue weighted by molar-refractivity contribution is -0.132. The number of ether oxygens (including phenoxy) is 2. The first kappa shape index (κ1) is 18.9. The van der Waals surface area contributed by atoms with Gasteiger partial charge in [0.15, 0.2) is 5.82 Å². The van der Waals surface area contributed by atoms with Crippen molar-refractivity contribution >= 4 is 5.91 Å². The summed E-state index contributed by atoms with van der Waals surface area (Å²) >= 11 is 0. The van der Waals surface area contributed by atoms with E-state index in [1.807, 2.05) is 35.2 Å². The molecule has 1 aliphatic heterocycles. The van der Waals surface area contributed by atoms with Crippen molar-refractivity contribution in [3.8, 4) is 17.3 Å². The second-order valence-electron chi connectivity index (χ2n) is 7.52. The molecule has 1 fully saturated rings. The van der Waals surface area contributed by atoms with E-state index in [1.165, 1.54) is 12.8 Å². The van der Waals surface area contributed by atoms with Gasteiger partial charge in [0.2, 0.25) is 11.8 Å². The molecule has 0 unspecified atom stereocenters. The molecular formula is C22H27N3O3. The topological polar surface area (TPSA) is 64.5 Å². The van der Waals surface area contributed by atoms with Crippen LogP contribution in [0.5, 0.6) is 5.88 Å². The molecule has 1 aromatic carbocycles. The summed E-state index contributed by atoms with van der Waals surface area (Å²) in [6.07, 6.45) is 4.33. The van der Waals surface area contributed by atoms with Gasteiger partial charge in [-0.05, 0) is 25.2 Å². The van der Waals surface area contributed by atoms with Crippen molar-refractivity contribution < 1.29 is 14.3 Å². The predicted molar refractivity (Wildman–Crippen MR) is 106 cm³/mol. The summed E-state index contributed by atoms with van der Waals surface area (Å²) in [6.45, 7) is 2.51. The largest absolute Gasteiger partial charge is 0.477 e. The average molecular weight is 381 g/mol. The maximum absolute atomic E-state index is 12.4. The van der Waals surface area contributed by atoms with Crippen LogP contribution in [-0.4, -0.2) is 54.2 Å². The second kappa shape index (κ2) is 8.69. The fourth-order valence-corrected chi connectivity index (χ4v) is 3.48. The molecule has 1 aromatic heterocycles. The Bertz CT molecular complexity index is 821. The molecular weight excluding hydrogens is 354 g/mol. The molecule has 0 atom stereocenters.